The Morgan fingerprint density at radius 1 is 1.31 bits per heavy atom. The van der Waals surface area contributed by atoms with Crippen molar-refractivity contribution in [3.63, 3.8) is 0 Å². The van der Waals surface area contributed by atoms with E-state index in [2.05, 4.69) is 28.9 Å². The van der Waals surface area contributed by atoms with Crippen LogP contribution in [-0.2, 0) is 0 Å². The summed E-state index contributed by atoms with van der Waals surface area (Å²) in [4.78, 5) is 0. The molecule has 1 aliphatic heterocycles. The van der Waals surface area contributed by atoms with Gasteiger partial charge in [0.25, 0.3) is 0 Å². The number of rotatable bonds is 1. The van der Waals surface area contributed by atoms with Crippen LogP contribution in [0.3, 0.4) is 0 Å². The van der Waals surface area contributed by atoms with Gasteiger partial charge in [-0.3, -0.25) is 0 Å². The van der Waals surface area contributed by atoms with Gasteiger partial charge in [0.2, 0.25) is 0 Å². The van der Waals surface area contributed by atoms with Gasteiger partial charge in [-0.1, -0.05) is 23.4 Å². The summed E-state index contributed by atoms with van der Waals surface area (Å²) < 4.78 is 0. The summed E-state index contributed by atoms with van der Waals surface area (Å²) in [6.07, 6.45) is 3.47. The Hall–Kier alpha value is -1.84. The Morgan fingerprint density at radius 2 is 2.15 bits per heavy atom. The highest BCUT2D eigenvalue weighted by Crippen LogP contribution is 2.18. The molecule has 0 aromatic heterocycles. The summed E-state index contributed by atoms with van der Waals surface area (Å²) in [6.45, 7) is 2.05. The van der Waals surface area contributed by atoms with Crippen molar-refractivity contribution in [2.45, 2.75) is 6.92 Å². The number of nitrogens with one attached hydrogen (secondary N) is 1. The average molecular weight is 174 g/mol. The van der Waals surface area contributed by atoms with E-state index < -0.39 is 0 Å². The Kier molecular flexibility index (Phi) is 1.96. The lowest BCUT2D eigenvalue weighted by molar-refractivity contribution is 0.681. The molecule has 4 nitrogen and oxygen atoms in total. The first kappa shape index (κ1) is 7.79. The summed E-state index contributed by atoms with van der Waals surface area (Å²) in [7, 11) is 0. The summed E-state index contributed by atoms with van der Waals surface area (Å²) in [5.74, 6) is 0. The maximum absolute atomic E-state index is 3.69. The third-order valence-corrected chi connectivity index (χ3v) is 1.87. The summed E-state index contributed by atoms with van der Waals surface area (Å²) >= 11 is 0. The molecule has 1 heterocycles. The molecule has 66 valence electrons. The van der Waals surface area contributed by atoms with Gasteiger partial charge < -0.3 is 0 Å². The minimum atomic E-state index is 1.08. The van der Waals surface area contributed by atoms with Crippen LogP contribution in [0.5, 0.6) is 0 Å². The van der Waals surface area contributed by atoms with Crippen molar-refractivity contribution in [1.29, 1.82) is 0 Å². The second-order valence-electron chi connectivity index (χ2n) is 2.77. The van der Waals surface area contributed by atoms with Gasteiger partial charge >= 0.3 is 0 Å². The van der Waals surface area contributed by atoms with Crippen molar-refractivity contribution < 1.29 is 0 Å². The van der Waals surface area contributed by atoms with E-state index >= 15 is 0 Å². The number of hydrogen-bond donors (Lipinski definition) is 1. The van der Waals surface area contributed by atoms with Gasteiger partial charge in [-0.15, -0.1) is 5.11 Å². The molecule has 0 fully saturated rings. The second-order valence-corrected chi connectivity index (χ2v) is 2.77. The van der Waals surface area contributed by atoms with E-state index in [-0.39, 0.29) is 0 Å². The van der Waals surface area contributed by atoms with Crippen LogP contribution in [0.2, 0.25) is 0 Å². The monoisotopic (exact) mass is 174 g/mol. The van der Waals surface area contributed by atoms with E-state index in [1.54, 1.807) is 6.20 Å². The lowest BCUT2D eigenvalue weighted by Gasteiger charge is -2.21. The highest BCUT2D eigenvalue weighted by atomic mass is 15.7. The molecule has 0 saturated carbocycles. The number of hydrazine groups is 1. The molecular weight excluding hydrogens is 164 g/mol. The molecule has 0 unspecified atom stereocenters. The molecule has 13 heavy (non-hydrogen) atoms. The Morgan fingerprint density at radius 3 is 2.85 bits per heavy atom. The van der Waals surface area contributed by atoms with Crippen LogP contribution in [0.15, 0.2) is 47.0 Å². The van der Waals surface area contributed by atoms with Crippen LogP contribution in [0.1, 0.15) is 5.56 Å². The van der Waals surface area contributed by atoms with Crippen LogP contribution < -0.4 is 10.5 Å². The fourth-order valence-corrected chi connectivity index (χ4v) is 1.21. The number of nitrogens with zero attached hydrogens (tertiary/aromatic N) is 3. The highest BCUT2D eigenvalue weighted by molar-refractivity contribution is 5.54. The van der Waals surface area contributed by atoms with E-state index in [1.807, 2.05) is 29.4 Å². The molecule has 0 bridgehead atoms. The fraction of sp³-hybridized carbons (Fsp3) is 0.111. The minimum absolute atomic E-state index is 1.08. The zero-order valence-electron chi connectivity index (χ0n) is 7.31. The smallest absolute Gasteiger partial charge is 0.0697 e. The molecule has 0 amide bonds. The zero-order chi connectivity index (χ0) is 9.10. The van der Waals surface area contributed by atoms with Gasteiger partial charge in [0.05, 0.1) is 11.9 Å². The van der Waals surface area contributed by atoms with Gasteiger partial charge in [0, 0.05) is 6.20 Å². The zero-order valence-corrected chi connectivity index (χ0v) is 7.31. The number of anilines is 1. The quantitative estimate of drug-likeness (QED) is 0.708. The van der Waals surface area contributed by atoms with E-state index in [0.717, 1.165) is 5.69 Å². The normalized spacial score (nSPS) is 14.4. The highest BCUT2D eigenvalue weighted by Gasteiger charge is 2.05. The lowest BCUT2D eigenvalue weighted by Crippen LogP contribution is -2.30. The second kappa shape index (κ2) is 3.26. The van der Waals surface area contributed by atoms with Gasteiger partial charge in [-0.05, 0) is 18.6 Å². The van der Waals surface area contributed by atoms with E-state index in [9.17, 15) is 0 Å². The minimum Gasteiger partial charge on any atom is -0.244 e. The number of hydrogen-bond acceptors (Lipinski definition) is 4. The molecule has 0 saturated heterocycles. The maximum Gasteiger partial charge on any atom is 0.0697 e. The van der Waals surface area contributed by atoms with Crippen molar-refractivity contribution in [1.82, 2.24) is 5.53 Å². The topological polar surface area (TPSA) is 40.0 Å². The molecule has 1 aromatic carbocycles. The van der Waals surface area contributed by atoms with Crippen LogP contribution in [-0.4, -0.2) is 0 Å². The van der Waals surface area contributed by atoms with Crippen LogP contribution in [0.4, 0.5) is 5.69 Å². The SMILES string of the molecule is Cc1ccccc1N1C=CN=NN1. The third kappa shape index (κ3) is 1.51. The van der Waals surface area contributed by atoms with E-state index in [1.165, 1.54) is 5.56 Å². The molecule has 0 aliphatic carbocycles. The molecule has 2 rings (SSSR count). The van der Waals surface area contributed by atoms with Crippen molar-refractivity contribution in [3.05, 3.63) is 42.2 Å². The molecule has 1 aliphatic rings. The molecule has 0 radical (unpaired) electrons. The number of aryl methyl sites for hydroxylation is 1. The number of para-hydroxylation sites is 1. The van der Waals surface area contributed by atoms with Crippen molar-refractivity contribution in [2.75, 3.05) is 5.01 Å². The van der Waals surface area contributed by atoms with Gasteiger partial charge in [0.15, 0.2) is 0 Å². The van der Waals surface area contributed by atoms with Crippen molar-refractivity contribution >= 4 is 5.69 Å². The largest absolute Gasteiger partial charge is 0.244 e. The van der Waals surface area contributed by atoms with Crippen molar-refractivity contribution in [3.8, 4) is 0 Å². The fourth-order valence-electron chi connectivity index (χ4n) is 1.21. The molecule has 1 aromatic rings. The van der Waals surface area contributed by atoms with Gasteiger partial charge in [-0.25, -0.2) is 5.01 Å². The summed E-state index contributed by atoms with van der Waals surface area (Å²) in [5.41, 5.74) is 5.05. The van der Waals surface area contributed by atoms with Crippen LogP contribution in [0, 0.1) is 6.92 Å². The standard InChI is InChI=1S/C9H10N4/c1-8-4-2-3-5-9(8)13-7-6-10-11-12-13/h2-7H,1H3,(H,10,12). The molecule has 0 atom stereocenters. The van der Waals surface area contributed by atoms with E-state index in [0.29, 0.717) is 0 Å². The van der Waals surface area contributed by atoms with Gasteiger partial charge in [-0.2, -0.15) is 5.53 Å². The first-order valence-corrected chi connectivity index (χ1v) is 4.05. The van der Waals surface area contributed by atoms with Gasteiger partial charge in [0.1, 0.15) is 0 Å². The molecule has 1 N–H and O–H groups in total. The Bertz CT molecular complexity index is 356. The van der Waals surface area contributed by atoms with E-state index in [4.69, 9.17) is 0 Å². The van der Waals surface area contributed by atoms with Crippen LogP contribution in [0.25, 0.3) is 0 Å². The lowest BCUT2D eigenvalue weighted by atomic mass is 10.2. The molecule has 0 spiro atoms. The maximum atomic E-state index is 3.69. The molecule has 4 heteroatoms. The predicted octanol–water partition coefficient (Wildman–Crippen LogP) is 2.16. The van der Waals surface area contributed by atoms with Crippen LogP contribution >= 0.6 is 0 Å². The Labute approximate surface area is 76.5 Å². The average Bonchev–Trinajstić information content (AvgIpc) is 2.20. The first-order chi connectivity index (χ1) is 6.38. The first-order valence-electron chi connectivity index (χ1n) is 4.05. The van der Waals surface area contributed by atoms with Crippen molar-refractivity contribution in [2.24, 2.45) is 10.3 Å². The molecular formula is C9H10N4. The third-order valence-electron chi connectivity index (χ3n) is 1.87. The number of benzene rings is 1. The Balaban J connectivity index is 2.30. The summed E-state index contributed by atoms with van der Waals surface area (Å²) in [5, 5.41) is 9.19. The summed E-state index contributed by atoms with van der Waals surface area (Å²) in [6, 6.07) is 8.07. The predicted molar refractivity (Wildman–Crippen MR) is 50.8 cm³/mol.